The number of benzene rings is 1. The van der Waals surface area contributed by atoms with Crippen molar-refractivity contribution in [3.8, 4) is 11.4 Å². The van der Waals surface area contributed by atoms with Gasteiger partial charge < -0.3 is 0 Å². The molecule has 0 saturated heterocycles. The first-order chi connectivity index (χ1) is 9.50. The SMILES string of the molecule is CC(C)(C)n1c(-c2cc(Cl)cc(Br)c2)nnc1S(N)(=O)=O. The molecule has 2 N–H and O–H groups in total. The number of hydrogen-bond donors (Lipinski definition) is 1. The largest absolute Gasteiger partial charge is 0.291 e. The standard InChI is InChI=1S/C12H14BrClN4O2S/c1-12(2,3)18-10(16-17-11(18)21(15,19)20)7-4-8(13)6-9(14)5-7/h4-6H,1-3H3,(H2,15,19,20). The van der Waals surface area contributed by atoms with E-state index in [1.54, 1.807) is 18.2 Å². The molecule has 1 heterocycles. The maximum absolute atomic E-state index is 11.7. The Kier molecular flexibility index (Phi) is 4.18. The number of nitrogens with zero attached hydrogens (tertiary/aromatic N) is 3. The molecule has 21 heavy (non-hydrogen) atoms. The zero-order valence-corrected chi connectivity index (χ0v) is 14.8. The van der Waals surface area contributed by atoms with Crippen molar-refractivity contribution >= 4 is 37.6 Å². The van der Waals surface area contributed by atoms with E-state index >= 15 is 0 Å². The average molecular weight is 394 g/mol. The molecule has 0 unspecified atom stereocenters. The second-order valence-electron chi connectivity index (χ2n) is 5.52. The number of nitrogens with two attached hydrogens (primary N) is 1. The van der Waals surface area contributed by atoms with E-state index in [9.17, 15) is 8.42 Å². The summed E-state index contributed by atoms with van der Waals surface area (Å²) < 4.78 is 25.6. The Bertz CT molecular complexity index is 776. The lowest BCUT2D eigenvalue weighted by atomic mass is 10.1. The minimum atomic E-state index is -3.98. The molecule has 0 saturated carbocycles. The van der Waals surface area contributed by atoms with Crippen LogP contribution < -0.4 is 5.14 Å². The highest BCUT2D eigenvalue weighted by molar-refractivity contribution is 9.10. The first-order valence-electron chi connectivity index (χ1n) is 5.95. The fourth-order valence-electron chi connectivity index (χ4n) is 1.93. The lowest BCUT2D eigenvalue weighted by Gasteiger charge is -2.24. The van der Waals surface area contributed by atoms with Crippen LogP contribution in [-0.2, 0) is 15.6 Å². The summed E-state index contributed by atoms with van der Waals surface area (Å²) in [5.74, 6) is 0.384. The van der Waals surface area contributed by atoms with Crippen LogP contribution in [0.5, 0.6) is 0 Å². The van der Waals surface area contributed by atoms with E-state index in [2.05, 4.69) is 26.1 Å². The van der Waals surface area contributed by atoms with E-state index in [-0.39, 0.29) is 5.16 Å². The fourth-order valence-corrected chi connectivity index (χ4v) is 3.56. The number of rotatable bonds is 2. The van der Waals surface area contributed by atoms with Gasteiger partial charge in [0, 0.05) is 20.6 Å². The van der Waals surface area contributed by atoms with E-state index in [1.807, 2.05) is 20.8 Å². The topological polar surface area (TPSA) is 90.9 Å². The van der Waals surface area contributed by atoms with Gasteiger partial charge in [-0.2, -0.15) is 0 Å². The monoisotopic (exact) mass is 392 g/mol. The van der Waals surface area contributed by atoms with Gasteiger partial charge in [0.05, 0.1) is 0 Å². The highest BCUT2D eigenvalue weighted by Gasteiger charge is 2.29. The lowest BCUT2D eigenvalue weighted by Crippen LogP contribution is -2.29. The zero-order chi connectivity index (χ0) is 16.0. The molecule has 114 valence electrons. The first kappa shape index (κ1) is 16.4. The van der Waals surface area contributed by atoms with Gasteiger partial charge in [-0.05, 0) is 39.0 Å². The molecule has 0 radical (unpaired) electrons. The number of halogens is 2. The third-order valence-corrected chi connectivity index (χ3v) is 4.13. The first-order valence-corrected chi connectivity index (χ1v) is 8.67. The smallest absolute Gasteiger partial charge is 0.273 e. The van der Waals surface area contributed by atoms with E-state index in [0.29, 0.717) is 16.4 Å². The van der Waals surface area contributed by atoms with Gasteiger partial charge in [0.15, 0.2) is 5.82 Å². The Morgan fingerprint density at radius 2 is 1.86 bits per heavy atom. The van der Waals surface area contributed by atoms with Crippen LogP contribution in [0.4, 0.5) is 0 Å². The van der Waals surface area contributed by atoms with Crippen molar-refractivity contribution < 1.29 is 8.42 Å². The van der Waals surface area contributed by atoms with Crippen molar-refractivity contribution in [1.82, 2.24) is 14.8 Å². The molecule has 2 rings (SSSR count). The van der Waals surface area contributed by atoms with E-state index < -0.39 is 15.6 Å². The van der Waals surface area contributed by atoms with Crippen molar-refractivity contribution in [1.29, 1.82) is 0 Å². The Hall–Kier alpha value is -0.960. The van der Waals surface area contributed by atoms with Crippen LogP contribution in [0.2, 0.25) is 5.02 Å². The summed E-state index contributed by atoms with van der Waals surface area (Å²) in [6.45, 7) is 5.52. The number of sulfonamides is 1. The molecule has 9 heteroatoms. The summed E-state index contributed by atoms with van der Waals surface area (Å²) in [5.41, 5.74) is 0.0711. The second kappa shape index (κ2) is 5.35. The van der Waals surface area contributed by atoms with Crippen LogP contribution in [0.25, 0.3) is 11.4 Å². The zero-order valence-electron chi connectivity index (χ0n) is 11.6. The van der Waals surface area contributed by atoms with Crippen molar-refractivity contribution in [2.24, 2.45) is 5.14 Å². The highest BCUT2D eigenvalue weighted by atomic mass is 79.9. The van der Waals surface area contributed by atoms with Gasteiger partial charge in [-0.1, -0.05) is 27.5 Å². The van der Waals surface area contributed by atoms with Gasteiger partial charge in [0.2, 0.25) is 0 Å². The Balaban J connectivity index is 2.79. The van der Waals surface area contributed by atoms with Crippen LogP contribution in [0.3, 0.4) is 0 Å². The van der Waals surface area contributed by atoms with Crippen LogP contribution in [-0.4, -0.2) is 23.2 Å². The van der Waals surface area contributed by atoms with E-state index in [1.165, 1.54) is 4.57 Å². The third kappa shape index (κ3) is 3.45. The predicted octanol–water partition coefficient (Wildman–Crippen LogP) is 2.76. The van der Waals surface area contributed by atoms with Crippen LogP contribution in [0.1, 0.15) is 20.8 Å². The van der Waals surface area contributed by atoms with Crippen molar-refractivity contribution in [2.45, 2.75) is 31.5 Å². The Morgan fingerprint density at radius 3 is 2.33 bits per heavy atom. The minimum absolute atomic E-state index is 0.277. The number of hydrogen-bond acceptors (Lipinski definition) is 4. The summed E-state index contributed by atoms with van der Waals surface area (Å²) in [4.78, 5) is 0. The summed E-state index contributed by atoms with van der Waals surface area (Å²) in [7, 11) is -3.98. The van der Waals surface area contributed by atoms with Gasteiger partial charge in [-0.15, -0.1) is 10.2 Å². The molecule has 0 aliphatic carbocycles. The molecule has 0 atom stereocenters. The summed E-state index contributed by atoms with van der Waals surface area (Å²) >= 11 is 9.38. The molecule has 0 amide bonds. The van der Waals surface area contributed by atoms with Crippen LogP contribution in [0, 0.1) is 0 Å². The second-order valence-corrected chi connectivity index (χ2v) is 8.32. The van der Waals surface area contributed by atoms with Crippen molar-refractivity contribution in [2.75, 3.05) is 0 Å². The molecular formula is C12H14BrClN4O2S. The minimum Gasteiger partial charge on any atom is -0.291 e. The van der Waals surface area contributed by atoms with Gasteiger partial charge in [0.1, 0.15) is 0 Å². The summed E-state index contributed by atoms with van der Waals surface area (Å²) in [5, 5.41) is 13.1. The van der Waals surface area contributed by atoms with Gasteiger partial charge >= 0.3 is 0 Å². The Labute approximate surface area is 136 Å². The molecular weight excluding hydrogens is 380 g/mol. The van der Waals surface area contributed by atoms with Crippen LogP contribution >= 0.6 is 27.5 Å². The predicted molar refractivity (Wildman–Crippen MR) is 84.5 cm³/mol. The van der Waals surface area contributed by atoms with Gasteiger partial charge in [0.25, 0.3) is 15.2 Å². The number of primary sulfonamides is 1. The van der Waals surface area contributed by atoms with Gasteiger partial charge in [-0.25, -0.2) is 13.6 Å². The fraction of sp³-hybridized carbons (Fsp3) is 0.333. The molecule has 1 aromatic heterocycles. The maximum atomic E-state index is 11.7. The molecule has 1 aromatic carbocycles. The molecule has 0 aliphatic heterocycles. The van der Waals surface area contributed by atoms with Crippen LogP contribution in [0.15, 0.2) is 27.8 Å². The Morgan fingerprint density at radius 1 is 1.24 bits per heavy atom. The normalized spacial score (nSPS) is 12.7. The molecule has 0 spiro atoms. The van der Waals surface area contributed by atoms with Gasteiger partial charge in [-0.3, -0.25) is 4.57 Å². The van der Waals surface area contributed by atoms with Crippen molar-refractivity contribution in [3.63, 3.8) is 0 Å². The van der Waals surface area contributed by atoms with Crippen molar-refractivity contribution in [3.05, 3.63) is 27.7 Å². The molecule has 0 fully saturated rings. The molecule has 2 aromatic rings. The molecule has 6 nitrogen and oxygen atoms in total. The molecule has 0 aliphatic rings. The average Bonchev–Trinajstić information content (AvgIpc) is 2.70. The summed E-state index contributed by atoms with van der Waals surface area (Å²) in [6.07, 6.45) is 0. The van der Waals surface area contributed by atoms with E-state index in [0.717, 1.165) is 4.47 Å². The maximum Gasteiger partial charge on any atom is 0.273 e. The molecule has 0 bridgehead atoms. The lowest BCUT2D eigenvalue weighted by molar-refractivity contribution is 0.366. The quantitative estimate of drug-likeness (QED) is 0.849. The highest BCUT2D eigenvalue weighted by Crippen LogP contribution is 2.31. The van der Waals surface area contributed by atoms with E-state index in [4.69, 9.17) is 16.7 Å². The summed E-state index contributed by atoms with van der Waals surface area (Å²) in [6, 6.07) is 5.19. The third-order valence-electron chi connectivity index (χ3n) is 2.68. The number of aromatic nitrogens is 3.